The maximum Gasteiger partial charge on any atom is 0.191 e. The number of benzene rings is 1. The monoisotopic (exact) mass is 477 g/mol. The first-order chi connectivity index (χ1) is 11.6. The normalized spacial score (nSPS) is 12.2. The first kappa shape index (κ1) is 21.6. The van der Waals surface area contributed by atoms with E-state index in [1.165, 1.54) is 0 Å². The molecule has 2 N–H and O–H groups in total. The van der Waals surface area contributed by atoms with E-state index in [0.29, 0.717) is 18.1 Å². The van der Waals surface area contributed by atoms with Crippen molar-refractivity contribution in [2.75, 3.05) is 13.1 Å². The van der Waals surface area contributed by atoms with Gasteiger partial charge in [-0.25, -0.2) is 4.99 Å². The molecular weight excluding hydrogens is 453 g/mol. The van der Waals surface area contributed by atoms with Crippen LogP contribution in [-0.2, 0) is 13.6 Å². The standard InChI is InChI=1S/C17H24ClN5O.HI/c1-4-19-17(21-12-15-9-10-22-23(15)3)20-11-13(2)24-16-7-5-14(18)6-8-16;/h5-10,13H,4,11-12H2,1-3H3,(H2,19,20,21);1H. The van der Waals surface area contributed by atoms with Crippen molar-refractivity contribution in [1.82, 2.24) is 20.4 Å². The van der Waals surface area contributed by atoms with Gasteiger partial charge in [0.05, 0.1) is 18.8 Å². The van der Waals surface area contributed by atoms with Gasteiger partial charge in [-0.15, -0.1) is 24.0 Å². The lowest BCUT2D eigenvalue weighted by Crippen LogP contribution is -2.41. The number of aliphatic imine (C=N–C) groups is 1. The van der Waals surface area contributed by atoms with Crippen LogP contribution in [-0.4, -0.2) is 34.9 Å². The fourth-order valence-corrected chi connectivity index (χ4v) is 2.21. The summed E-state index contributed by atoms with van der Waals surface area (Å²) in [4.78, 5) is 4.57. The highest BCUT2D eigenvalue weighted by molar-refractivity contribution is 14.0. The third kappa shape index (κ3) is 7.52. The van der Waals surface area contributed by atoms with Crippen LogP contribution in [0, 0.1) is 0 Å². The number of guanidine groups is 1. The Morgan fingerprint density at radius 2 is 2.00 bits per heavy atom. The lowest BCUT2D eigenvalue weighted by Gasteiger charge is -2.17. The number of nitrogens with zero attached hydrogens (tertiary/aromatic N) is 3. The topological polar surface area (TPSA) is 63.5 Å². The Hall–Kier alpha value is -1.48. The SMILES string of the molecule is CCNC(=NCc1ccnn1C)NCC(C)Oc1ccc(Cl)cc1.I. The molecule has 0 saturated carbocycles. The van der Waals surface area contributed by atoms with Crippen molar-refractivity contribution in [2.45, 2.75) is 26.5 Å². The van der Waals surface area contributed by atoms with Crippen LogP contribution >= 0.6 is 35.6 Å². The van der Waals surface area contributed by atoms with Crippen molar-refractivity contribution < 1.29 is 4.74 Å². The van der Waals surface area contributed by atoms with Gasteiger partial charge in [-0.3, -0.25) is 4.68 Å². The van der Waals surface area contributed by atoms with Crippen molar-refractivity contribution in [1.29, 1.82) is 0 Å². The highest BCUT2D eigenvalue weighted by Gasteiger charge is 2.06. The summed E-state index contributed by atoms with van der Waals surface area (Å²) in [5.41, 5.74) is 1.05. The highest BCUT2D eigenvalue weighted by Crippen LogP contribution is 2.16. The fourth-order valence-electron chi connectivity index (χ4n) is 2.09. The maximum absolute atomic E-state index is 5.88. The molecule has 1 atom stereocenters. The molecule has 25 heavy (non-hydrogen) atoms. The second-order valence-corrected chi connectivity index (χ2v) is 5.84. The van der Waals surface area contributed by atoms with E-state index < -0.39 is 0 Å². The van der Waals surface area contributed by atoms with Crippen LogP contribution in [0.25, 0.3) is 0 Å². The molecule has 0 aliphatic rings. The van der Waals surface area contributed by atoms with Crippen LogP contribution in [0.4, 0.5) is 0 Å². The molecule has 2 aromatic rings. The predicted octanol–water partition coefficient (Wildman–Crippen LogP) is 3.21. The van der Waals surface area contributed by atoms with Crippen molar-refractivity contribution in [2.24, 2.45) is 12.0 Å². The van der Waals surface area contributed by atoms with E-state index in [9.17, 15) is 0 Å². The van der Waals surface area contributed by atoms with E-state index in [2.05, 4.69) is 20.7 Å². The minimum atomic E-state index is -0.00765. The molecule has 0 aliphatic heterocycles. The Balaban J connectivity index is 0.00000312. The molecule has 2 rings (SSSR count). The van der Waals surface area contributed by atoms with E-state index >= 15 is 0 Å². The lowest BCUT2D eigenvalue weighted by atomic mass is 10.3. The van der Waals surface area contributed by atoms with Gasteiger partial charge < -0.3 is 15.4 Å². The molecule has 0 bridgehead atoms. The Kier molecular flexibility index (Phi) is 9.66. The number of halogens is 2. The second-order valence-electron chi connectivity index (χ2n) is 5.40. The zero-order valence-electron chi connectivity index (χ0n) is 14.7. The molecule has 0 aliphatic carbocycles. The third-order valence-corrected chi connectivity index (χ3v) is 3.63. The molecule has 1 aromatic heterocycles. The van der Waals surface area contributed by atoms with Crippen LogP contribution < -0.4 is 15.4 Å². The van der Waals surface area contributed by atoms with Gasteiger partial charge in [0, 0.05) is 24.8 Å². The molecule has 0 amide bonds. The predicted molar refractivity (Wildman–Crippen MR) is 113 cm³/mol. The summed E-state index contributed by atoms with van der Waals surface area (Å²) in [6.45, 7) is 6.04. The maximum atomic E-state index is 5.88. The number of ether oxygens (including phenoxy) is 1. The lowest BCUT2D eigenvalue weighted by molar-refractivity contribution is 0.224. The summed E-state index contributed by atoms with van der Waals surface area (Å²) in [7, 11) is 1.91. The molecule has 8 heteroatoms. The molecule has 138 valence electrons. The third-order valence-electron chi connectivity index (χ3n) is 3.37. The number of hydrogen-bond donors (Lipinski definition) is 2. The van der Waals surface area contributed by atoms with E-state index in [1.807, 2.05) is 55.9 Å². The summed E-state index contributed by atoms with van der Waals surface area (Å²) in [5, 5.41) is 11.4. The molecule has 1 aromatic carbocycles. The fraction of sp³-hybridized carbons (Fsp3) is 0.412. The molecule has 0 spiro atoms. The van der Waals surface area contributed by atoms with Crippen LogP contribution in [0.15, 0.2) is 41.5 Å². The van der Waals surface area contributed by atoms with Crippen LogP contribution in [0.5, 0.6) is 5.75 Å². The van der Waals surface area contributed by atoms with E-state index in [1.54, 1.807) is 6.20 Å². The molecule has 1 heterocycles. The van der Waals surface area contributed by atoms with Gasteiger partial charge in [0.2, 0.25) is 0 Å². The van der Waals surface area contributed by atoms with Gasteiger partial charge in [0.15, 0.2) is 5.96 Å². The zero-order chi connectivity index (χ0) is 17.4. The average molecular weight is 478 g/mol. The summed E-state index contributed by atoms with van der Waals surface area (Å²) in [6, 6.07) is 9.31. The molecule has 1 unspecified atom stereocenters. The number of aromatic nitrogens is 2. The summed E-state index contributed by atoms with van der Waals surface area (Å²) < 4.78 is 7.67. The Bertz CT molecular complexity index is 659. The molecule has 0 fully saturated rings. The Morgan fingerprint density at radius 1 is 1.28 bits per heavy atom. The molecule has 0 saturated heterocycles. The average Bonchev–Trinajstić information content (AvgIpc) is 2.97. The summed E-state index contributed by atoms with van der Waals surface area (Å²) in [5.74, 6) is 1.55. The highest BCUT2D eigenvalue weighted by atomic mass is 127. The number of nitrogens with one attached hydrogen (secondary N) is 2. The van der Waals surface area contributed by atoms with Gasteiger partial charge in [-0.1, -0.05) is 11.6 Å². The van der Waals surface area contributed by atoms with Crippen LogP contribution in [0.2, 0.25) is 5.02 Å². The Labute approximate surface area is 171 Å². The van der Waals surface area contributed by atoms with Crippen LogP contribution in [0.1, 0.15) is 19.5 Å². The largest absolute Gasteiger partial charge is 0.489 e. The Morgan fingerprint density at radius 3 is 2.60 bits per heavy atom. The second kappa shape index (κ2) is 11.2. The van der Waals surface area contributed by atoms with Crippen molar-refractivity contribution in [3.05, 3.63) is 47.2 Å². The van der Waals surface area contributed by atoms with Crippen molar-refractivity contribution in [3.8, 4) is 5.75 Å². The van der Waals surface area contributed by atoms with Crippen LogP contribution in [0.3, 0.4) is 0 Å². The first-order valence-corrected chi connectivity index (χ1v) is 8.37. The minimum Gasteiger partial charge on any atom is -0.489 e. The van der Waals surface area contributed by atoms with Crippen molar-refractivity contribution in [3.63, 3.8) is 0 Å². The van der Waals surface area contributed by atoms with E-state index in [0.717, 1.165) is 23.9 Å². The van der Waals surface area contributed by atoms with Gasteiger partial charge in [0.25, 0.3) is 0 Å². The number of hydrogen-bond acceptors (Lipinski definition) is 3. The zero-order valence-corrected chi connectivity index (χ0v) is 17.8. The first-order valence-electron chi connectivity index (χ1n) is 7.99. The number of aryl methyl sites for hydroxylation is 1. The summed E-state index contributed by atoms with van der Waals surface area (Å²) in [6.07, 6.45) is 1.76. The molecular formula is C17H25ClIN5O. The van der Waals surface area contributed by atoms with E-state index in [4.69, 9.17) is 16.3 Å². The van der Waals surface area contributed by atoms with Gasteiger partial charge >= 0.3 is 0 Å². The van der Waals surface area contributed by atoms with Gasteiger partial charge in [-0.05, 0) is 44.2 Å². The number of rotatable bonds is 7. The smallest absolute Gasteiger partial charge is 0.191 e. The van der Waals surface area contributed by atoms with Gasteiger partial charge in [-0.2, -0.15) is 5.10 Å². The van der Waals surface area contributed by atoms with Gasteiger partial charge in [0.1, 0.15) is 11.9 Å². The molecule has 0 radical (unpaired) electrons. The quantitative estimate of drug-likeness (QED) is 0.365. The molecule has 6 nitrogen and oxygen atoms in total. The summed E-state index contributed by atoms with van der Waals surface area (Å²) >= 11 is 5.88. The minimum absolute atomic E-state index is 0. The van der Waals surface area contributed by atoms with E-state index in [-0.39, 0.29) is 30.1 Å². The van der Waals surface area contributed by atoms with Crippen molar-refractivity contribution >= 4 is 41.5 Å².